The lowest BCUT2D eigenvalue weighted by atomic mass is 9.77. The molecule has 0 aromatic heterocycles. The summed E-state index contributed by atoms with van der Waals surface area (Å²) in [7, 11) is 1.77. The topological polar surface area (TPSA) is 70.1 Å². The van der Waals surface area contributed by atoms with Crippen LogP contribution in [0.3, 0.4) is 0 Å². The van der Waals surface area contributed by atoms with Crippen molar-refractivity contribution < 1.29 is 19.4 Å². The fourth-order valence-electron chi connectivity index (χ4n) is 5.21. The van der Waals surface area contributed by atoms with E-state index in [1.165, 1.54) is 18.4 Å². The van der Waals surface area contributed by atoms with Gasteiger partial charge in [0.2, 0.25) is 5.91 Å². The van der Waals surface area contributed by atoms with Crippen molar-refractivity contribution in [2.45, 2.75) is 63.1 Å². The summed E-state index contributed by atoms with van der Waals surface area (Å²) in [4.78, 5) is 27.9. The van der Waals surface area contributed by atoms with Gasteiger partial charge in [-0.2, -0.15) is 0 Å². The molecule has 0 radical (unpaired) electrons. The van der Waals surface area contributed by atoms with Crippen molar-refractivity contribution in [2.75, 3.05) is 20.1 Å². The van der Waals surface area contributed by atoms with Crippen LogP contribution in [0.4, 0.5) is 0 Å². The summed E-state index contributed by atoms with van der Waals surface area (Å²) in [5.74, 6) is -0.523. The van der Waals surface area contributed by atoms with Crippen LogP contribution in [0.15, 0.2) is 24.3 Å². The van der Waals surface area contributed by atoms with Gasteiger partial charge in [-0.3, -0.25) is 14.5 Å². The molecule has 1 spiro atoms. The Balaban J connectivity index is 1.34. The normalized spacial score (nSPS) is 25.5. The van der Waals surface area contributed by atoms with Crippen LogP contribution in [0.5, 0.6) is 5.75 Å². The first kappa shape index (κ1) is 19.2. The number of carboxylic acids is 1. The molecule has 0 bridgehead atoms. The van der Waals surface area contributed by atoms with E-state index in [1.54, 1.807) is 11.9 Å². The highest BCUT2D eigenvalue weighted by atomic mass is 16.5. The summed E-state index contributed by atoms with van der Waals surface area (Å²) in [6.45, 7) is 2.46. The van der Waals surface area contributed by atoms with E-state index in [4.69, 9.17) is 4.74 Å². The quantitative estimate of drug-likeness (QED) is 0.843. The maximum Gasteiger partial charge on any atom is 0.309 e. The zero-order valence-electron chi connectivity index (χ0n) is 16.6. The Kier molecular flexibility index (Phi) is 5.32. The molecule has 28 heavy (non-hydrogen) atoms. The summed E-state index contributed by atoms with van der Waals surface area (Å²) in [5, 5.41) is 9.59. The van der Waals surface area contributed by atoms with E-state index in [-0.39, 0.29) is 12.3 Å². The lowest BCUT2D eigenvalue weighted by Gasteiger charge is -2.45. The average molecular weight is 386 g/mol. The Morgan fingerprint density at radius 1 is 1.18 bits per heavy atom. The Morgan fingerprint density at radius 3 is 2.43 bits per heavy atom. The fraction of sp³-hybridized carbons (Fsp3) is 0.636. The summed E-state index contributed by atoms with van der Waals surface area (Å²) in [6, 6.07) is 8.37. The van der Waals surface area contributed by atoms with Crippen molar-refractivity contribution >= 4 is 11.9 Å². The number of carbonyl (C=O) groups excluding carboxylic acids is 1. The number of hydrogen-bond acceptors (Lipinski definition) is 4. The molecule has 1 aliphatic carbocycles. The highest BCUT2D eigenvalue weighted by Gasteiger charge is 2.55. The van der Waals surface area contributed by atoms with Crippen LogP contribution in [-0.2, 0) is 16.1 Å². The van der Waals surface area contributed by atoms with Gasteiger partial charge in [0.25, 0.3) is 0 Å². The molecule has 1 aromatic rings. The molecule has 4 rings (SSSR count). The van der Waals surface area contributed by atoms with Gasteiger partial charge in [0.15, 0.2) is 0 Å². The first-order chi connectivity index (χ1) is 13.5. The van der Waals surface area contributed by atoms with Crippen LogP contribution >= 0.6 is 0 Å². The van der Waals surface area contributed by atoms with E-state index >= 15 is 0 Å². The predicted octanol–water partition coefficient (Wildman–Crippen LogP) is 2.91. The molecule has 1 atom stereocenters. The number of nitrogens with zero attached hydrogens (tertiary/aromatic N) is 2. The molecule has 152 valence electrons. The molecule has 3 aliphatic rings. The number of benzene rings is 1. The van der Waals surface area contributed by atoms with Crippen molar-refractivity contribution in [1.82, 2.24) is 9.80 Å². The third kappa shape index (κ3) is 3.62. The number of piperidine rings is 1. The number of ether oxygens (including phenoxy) is 1. The third-order valence-electron chi connectivity index (χ3n) is 7.02. The minimum absolute atomic E-state index is 0.0429. The molecule has 1 saturated carbocycles. The van der Waals surface area contributed by atoms with Gasteiger partial charge in [-0.25, -0.2) is 0 Å². The predicted molar refractivity (Wildman–Crippen MR) is 105 cm³/mol. The molecular weight excluding hydrogens is 356 g/mol. The standard InChI is InChI=1S/C22H30N2O4/c1-23-20(25)14-19(21(26)27)22(23)10-12-24(13-11-22)15-16-6-8-18(9-7-16)28-17-4-2-3-5-17/h6-9,17,19H,2-5,10-15H2,1H3,(H,26,27)/t19-/m0/s1. The second-order valence-electron chi connectivity index (χ2n) is 8.60. The van der Waals surface area contributed by atoms with E-state index in [0.717, 1.165) is 51.1 Å². The molecule has 1 N–H and O–H groups in total. The fourth-order valence-corrected chi connectivity index (χ4v) is 5.21. The largest absolute Gasteiger partial charge is 0.490 e. The van der Waals surface area contributed by atoms with Crippen molar-refractivity contribution in [3.8, 4) is 5.75 Å². The lowest BCUT2D eigenvalue weighted by Crippen LogP contribution is -2.55. The van der Waals surface area contributed by atoms with E-state index in [1.807, 2.05) is 0 Å². The zero-order valence-corrected chi connectivity index (χ0v) is 16.6. The molecule has 2 saturated heterocycles. The minimum atomic E-state index is -0.844. The van der Waals surface area contributed by atoms with E-state index < -0.39 is 17.4 Å². The Labute approximate surface area is 166 Å². The third-order valence-corrected chi connectivity index (χ3v) is 7.02. The second-order valence-corrected chi connectivity index (χ2v) is 8.60. The lowest BCUT2D eigenvalue weighted by molar-refractivity contribution is -0.146. The van der Waals surface area contributed by atoms with E-state index in [9.17, 15) is 14.7 Å². The Morgan fingerprint density at radius 2 is 1.82 bits per heavy atom. The molecule has 6 nitrogen and oxygen atoms in total. The van der Waals surface area contributed by atoms with Crippen molar-refractivity contribution in [1.29, 1.82) is 0 Å². The Bertz CT molecular complexity index is 719. The number of aliphatic carboxylic acids is 1. The highest BCUT2D eigenvalue weighted by Crippen LogP contribution is 2.43. The number of hydrogen-bond donors (Lipinski definition) is 1. The first-order valence-electron chi connectivity index (χ1n) is 10.5. The van der Waals surface area contributed by atoms with Crippen LogP contribution in [0.1, 0.15) is 50.5 Å². The monoisotopic (exact) mass is 386 g/mol. The summed E-state index contributed by atoms with van der Waals surface area (Å²) < 4.78 is 6.03. The summed E-state index contributed by atoms with van der Waals surface area (Å²) >= 11 is 0. The number of rotatable bonds is 5. The van der Waals surface area contributed by atoms with E-state index in [0.29, 0.717) is 6.10 Å². The number of likely N-dealkylation sites (tertiary alicyclic amines) is 2. The Hall–Kier alpha value is -2.08. The molecule has 1 amide bonds. The van der Waals surface area contributed by atoms with Gasteiger partial charge in [0.1, 0.15) is 5.75 Å². The summed E-state index contributed by atoms with van der Waals surface area (Å²) in [5.41, 5.74) is 0.721. The van der Waals surface area contributed by atoms with Gasteiger partial charge < -0.3 is 14.7 Å². The van der Waals surface area contributed by atoms with Crippen molar-refractivity contribution in [3.63, 3.8) is 0 Å². The number of carbonyl (C=O) groups is 2. The van der Waals surface area contributed by atoms with Crippen LogP contribution in [0.25, 0.3) is 0 Å². The van der Waals surface area contributed by atoms with Crippen LogP contribution < -0.4 is 4.74 Å². The maximum absolute atomic E-state index is 12.1. The van der Waals surface area contributed by atoms with E-state index in [2.05, 4.69) is 29.2 Å². The van der Waals surface area contributed by atoms with Crippen LogP contribution in [0, 0.1) is 5.92 Å². The zero-order chi connectivity index (χ0) is 19.7. The maximum atomic E-state index is 12.1. The summed E-state index contributed by atoms with van der Waals surface area (Å²) in [6.07, 6.45) is 6.79. The SMILES string of the molecule is CN1C(=O)C[C@@H](C(=O)O)C12CCN(Cc1ccc(OC3CCCC3)cc1)CC2. The van der Waals surface area contributed by atoms with Gasteiger partial charge in [0, 0.05) is 33.1 Å². The molecule has 3 fully saturated rings. The molecule has 1 aromatic carbocycles. The highest BCUT2D eigenvalue weighted by molar-refractivity contribution is 5.88. The average Bonchev–Trinajstić information content (AvgIpc) is 3.28. The minimum Gasteiger partial charge on any atom is -0.490 e. The van der Waals surface area contributed by atoms with Gasteiger partial charge in [-0.1, -0.05) is 12.1 Å². The van der Waals surface area contributed by atoms with Crippen molar-refractivity contribution in [2.24, 2.45) is 5.92 Å². The van der Waals surface area contributed by atoms with Crippen LogP contribution in [-0.4, -0.2) is 58.6 Å². The second kappa shape index (κ2) is 7.74. The molecule has 6 heteroatoms. The van der Waals surface area contributed by atoms with Crippen LogP contribution in [0.2, 0.25) is 0 Å². The first-order valence-corrected chi connectivity index (χ1v) is 10.5. The molecular formula is C22H30N2O4. The molecule has 2 aliphatic heterocycles. The number of amides is 1. The van der Waals surface area contributed by atoms with Gasteiger partial charge >= 0.3 is 5.97 Å². The van der Waals surface area contributed by atoms with Gasteiger partial charge in [0.05, 0.1) is 17.6 Å². The molecule has 2 heterocycles. The van der Waals surface area contributed by atoms with Crippen molar-refractivity contribution in [3.05, 3.63) is 29.8 Å². The molecule has 0 unspecified atom stereocenters. The van der Waals surface area contributed by atoms with Gasteiger partial charge in [-0.15, -0.1) is 0 Å². The smallest absolute Gasteiger partial charge is 0.309 e. The van der Waals surface area contributed by atoms with Gasteiger partial charge in [-0.05, 0) is 56.2 Å². The number of carboxylic acid groups (broad SMARTS) is 1.